The number of rotatable bonds is 7. The third kappa shape index (κ3) is 4.16. The van der Waals surface area contributed by atoms with Gasteiger partial charge in [-0.25, -0.2) is 22.0 Å². The Hall–Kier alpha value is -2.95. The summed E-state index contributed by atoms with van der Waals surface area (Å²) in [4.78, 5) is 16.6. The minimum absolute atomic E-state index is 0.0463. The summed E-state index contributed by atoms with van der Waals surface area (Å²) in [5.74, 6) is -0.0535. The second-order valence-corrected chi connectivity index (χ2v) is 9.20. The number of fused-ring (bicyclic) bond motifs is 1. The average Bonchev–Trinajstić information content (AvgIpc) is 3.30. The molecule has 0 atom stereocenters. The number of benzene rings is 2. The molecule has 30 heavy (non-hydrogen) atoms. The number of halogens is 1. The molecule has 0 bridgehead atoms. The predicted molar refractivity (Wildman–Crippen MR) is 112 cm³/mol. The van der Waals surface area contributed by atoms with Gasteiger partial charge in [0.25, 0.3) is 0 Å². The molecule has 10 heteroatoms. The minimum atomic E-state index is -3.74. The highest BCUT2D eigenvalue weighted by Gasteiger charge is 2.16. The van der Waals surface area contributed by atoms with Gasteiger partial charge in [0.2, 0.25) is 15.0 Å². The number of hydrogen-bond donors (Lipinski definition) is 1. The maximum absolute atomic E-state index is 13.1. The molecule has 0 fully saturated rings. The Morgan fingerprint density at radius 1 is 1.20 bits per heavy atom. The zero-order valence-corrected chi connectivity index (χ0v) is 17.5. The molecule has 7 nitrogen and oxygen atoms in total. The summed E-state index contributed by atoms with van der Waals surface area (Å²) in [5, 5.41) is 6.33. The van der Waals surface area contributed by atoms with Gasteiger partial charge >= 0.3 is 0 Å². The van der Waals surface area contributed by atoms with E-state index < -0.39 is 10.0 Å². The number of nitrogens with zero attached hydrogens (tertiary/aromatic N) is 3. The van der Waals surface area contributed by atoms with Gasteiger partial charge in [-0.2, -0.15) is 4.98 Å². The Balaban J connectivity index is 1.48. The fourth-order valence-electron chi connectivity index (χ4n) is 2.90. The number of carbonyl (C=O) groups is 1. The molecule has 0 radical (unpaired) electrons. The summed E-state index contributed by atoms with van der Waals surface area (Å²) in [5.41, 5.74) is 1.84. The largest absolute Gasteiger partial charge is 0.295 e. The number of carbonyl (C=O) groups excluding carboxylic acids is 1. The van der Waals surface area contributed by atoms with Crippen LogP contribution in [0.3, 0.4) is 0 Å². The van der Waals surface area contributed by atoms with Crippen LogP contribution in [0.5, 0.6) is 0 Å². The van der Waals surface area contributed by atoms with E-state index in [9.17, 15) is 17.6 Å². The second-order valence-electron chi connectivity index (χ2n) is 6.60. The summed E-state index contributed by atoms with van der Waals surface area (Å²) in [6.45, 7) is 1.55. The van der Waals surface area contributed by atoms with Gasteiger partial charge in [-0.1, -0.05) is 12.1 Å². The Morgan fingerprint density at radius 3 is 2.70 bits per heavy atom. The number of thiazole rings is 1. The van der Waals surface area contributed by atoms with E-state index >= 15 is 0 Å². The highest BCUT2D eigenvalue weighted by molar-refractivity contribution is 7.89. The fraction of sp³-hybridized carbons (Fsp3) is 0.150. The average molecular weight is 445 g/mol. The molecule has 2 aromatic carbocycles. The molecule has 0 aliphatic heterocycles. The van der Waals surface area contributed by atoms with Crippen LogP contribution in [0.2, 0.25) is 0 Å². The third-order valence-electron chi connectivity index (χ3n) is 4.48. The van der Waals surface area contributed by atoms with Crippen LogP contribution in [-0.4, -0.2) is 35.3 Å². The fourth-order valence-corrected chi connectivity index (χ4v) is 4.83. The molecular weight excluding hydrogens is 427 g/mol. The van der Waals surface area contributed by atoms with E-state index in [0.717, 1.165) is 5.69 Å². The van der Waals surface area contributed by atoms with Crippen molar-refractivity contribution in [2.24, 2.45) is 0 Å². The lowest BCUT2D eigenvalue weighted by molar-refractivity contribution is 0.101. The van der Waals surface area contributed by atoms with Crippen molar-refractivity contribution < 1.29 is 17.6 Å². The van der Waals surface area contributed by atoms with Gasteiger partial charge in [-0.15, -0.1) is 16.4 Å². The molecule has 0 spiro atoms. The lowest BCUT2D eigenvalue weighted by Gasteiger charge is -2.07. The monoisotopic (exact) mass is 444 g/mol. The molecule has 0 amide bonds. The molecule has 4 aromatic rings. The van der Waals surface area contributed by atoms with Crippen LogP contribution in [0.1, 0.15) is 23.0 Å². The number of aromatic nitrogens is 3. The molecule has 0 aliphatic carbocycles. The van der Waals surface area contributed by atoms with E-state index in [1.54, 1.807) is 28.8 Å². The molecule has 0 saturated heterocycles. The smallest absolute Gasteiger partial charge is 0.240 e. The van der Waals surface area contributed by atoms with Gasteiger partial charge in [-0.3, -0.25) is 4.79 Å². The van der Waals surface area contributed by atoms with Crippen molar-refractivity contribution in [3.05, 3.63) is 71.0 Å². The normalized spacial score (nSPS) is 11.8. The van der Waals surface area contributed by atoms with Crippen molar-refractivity contribution >= 4 is 32.1 Å². The van der Waals surface area contributed by atoms with Crippen molar-refractivity contribution in [1.29, 1.82) is 0 Å². The highest BCUT2D eigenvalue weighted by atomic mass is 32.2. The second kappa shape index (κ2) is 8.05. The van der Waals surface area contributed by atoms with Gasteiger partial charge in [0.15, 0.2) is 11.6 Å². The van der Waals surface area contributed by atoms with Crippen LogP contribution in [-0.2, 0) is 16.4 Å². The molecule has 2 heterocycles. The van der Waals surface area contributed by atoms with Crippen LogP contribution in [0.15, 0.2) is 58.8 Å². The molecule has 0 saturated carbocycles. The van der Waals surface area contributed by atoms with Crippen molar-refractivity contribution in [1.82, 2.24) is 19.3 Å². The zero-order valence-electron chi connectivity index (χ0n) is 15.9. The number of Topliss-reactive ketones (excluding diaryl/α,β-unsaturated/α-hetero) is 1. The maximum atomic E-state index is 13.1. The van der Waals surface area contributed by atoms with E-state index in [1.165, 1.54) is 42.5 Å². The quantitative estimate of drug-likeness (QED) is 0.442. The van der Waals surface area contributed by atoms with Crippen LogP contribution in [0, 0.1) is 5.82 Å². The highest BCUT2D eigenvalue weighted by Crippen LogP contribution is 2.21. The van der Waals surface area contributed by atoms with E-state index in [1.807, 2.05) is 5.38 Å². The summed E-state index contributed by atoms with van der Waals surface area (Å²) in [6, 6.07) is 11.8. The molecule has 2 aromatic heterocycles. The first kappa shape index (κ1) is 20.3. The Bertz CT molecular complexity index is 1330. The Labute approximate surface area is 176 Å². The van der Waals surface area contributed by atoms with Gasteiger partial charge in [0.1, 0.15) is 5.82 Å². The van der Waals surface area contributed by atoms with Gasteiger partial charge in [0, 0.05) is 29.5 Å². The number of nitrogens with one attached hydrogen (secondary N) is 1. The minimum Gasteiger partial charge on any atom is -0.295 e. The lowest BCUT2D eigenvalue weighted by atomic mass is 10.2. The van der Waals surface area contributed by atoms with Crippen LogP contribution in [0.4, 0.5) is 4.39 Å². The van der Waals surface area contributed by atoms with E-state index in [-0.39, 0.29) is 23.0 Å². The SMILES string of the molecule is CC(=O)c1cccc(S(=O)(=O)NCCc2csc3nc(-c4ccc(F)cc4)nn23)c1. The third-order valence-corrected chi connectivity index (χ3v) is 6.80. The van der Waals surface area contributed by atoms with E-state index in [4.69, 9.17) is 0 Å². The van der Waals surface area contributed by atoms with Crippen molar-refractivity contribution in [3.8, 4) is 11.4 Å². The maximum Gasteiger partial charge on any atom is 0.240 e. The molecule has 154 valence electrons. The standard InChI is InChI=1S/C20H17FN4O3S2/c1-13(26)15-3-2-4-18(11-15)30(27,28)22-10-9-17-12-29-20-23-19(24-25(17)20)14-5-7-16(21)8-6-14/h2-8,11-12,22H,9-10H2,1H3. The summed E-state index contributed by atoms with van der Waals surface area (Å²) >= 11 is 1.39. The van der Waals surface area contributed by atoms with Gasteiger partial charge < -0.3 is 0 Å². The predicted octanol–water partition coefficient (Wildman–Crippen LogP) is 3.32. The first-order chi connectivity index (χ1) is 14.3. The summed E-state index contributed by atoms with van der Waals surface area (Å²) in [6.07, 6.45) is 0.401. The first-order valence-electron chi connectivity index (χ1n) is 9.03. The zero-order chi connectivity index (χ0) is 21.3. The lowest BCUT2D eigenvalue weighted by Crippen LogP contribution is -2.26. The topological polar surface area (TPSA) is 93.4 Å². The molecule has 0 unspecified atom stereocenters. The van der Waals surface area contributed by atoms with Gasteiger partial charge in [0.05, 0.1) is 10.6 Å². The van der Waals surface area contributed by atoms with E-state index in [0.29, 0.717) is 28.3 Å². The van der Waals surface area contributed by atoms with E-state index in [2.05, 4.69) is 14.8 Å². The van der Waals surface area contributed by atoms with Crippen molar-refractivity contribution in [3.63, 3.8) is 0 Å². The van der Waals surface area contributed by atoms with Gasteiger partial charge in [-0.05, 0) is 43.3 Å². The van der Waals surface area contributed by atoms with Crippen molar-refractivity contribution in [2.45, 2.75) is 18.2 Å². The number of ketones is 1. The molecular formula is C20H17FN4O3S2. The number of sulfonamides is 1. The summed E-state index contributed by atoms with van der Waals surface area (Å²) < 4.78 is 42.4. The molecule has 0 aliphatic rings. The molecule has 1 N–H and O–H groups in total. The van der Waals surface area contributed by atoms with Crippen molar-refractivity contribution in [2.75, 3.05) is 6.54 Å². The summed E-state index contributed by atoms with van der Waals surface area (Å²) in [7, 11) is -3.74. The Kier molecular flexibility index (Phi) is 5.46. The van der Waals surface area contributed by atoms with Crippen LogP contribution >= 0.6 is 11.3 Å². The number of hydrogen-bond acceptors (Lipinski definition) is 6. The Morgan fingerprint density at radius 2 is 1.97 bits per heavy atom. The molecule has 4 rings (SSSR count). The first-order valence-corrected chi connectivity index (χ1v) is 11.4. The van der Waals surface area contributed by atoms with Crippen LogP contribution < -0.4 is 4.72 Å². The van der Waals surface area contributed by atoms with Crippen LogP contribution in [0.25, 0.3) is 16.3 Å².